The molecule has 0 N–H and O–H groups in total. The van der Waals surface area contributed by atoms with Crippen molar-refractivity contribution in [2.45, 2.75) is 82.1 Å². The van der Waals surface area contributed by atoms with E-state index in [9.17, 15) is 0 Å². The Hall–Kier alpha value is -2.11. The van der Waals surface area contributed by atoms with E-state index >= 15 is 0 Å². The minimum Gasteiger partial charge on any atom is -0.490 e. The van der Waals surface area contributed by atoms with Crippen LogP contribution in [0.4, 0.5) is 0 Å². The second kappa shape index (κ2) is 8.92. The molecule has 33 heavy (non-hydrogen) atoms. The van der Waals surface area contributed by atoms with Crippen molar-refractivity contribution < 1.29 is 18.9 Å². The molecular weight excluding hydrogens is 432 g/mol. The average molecular weight is 469 g/mol. The van der Waals surface area contributed by atoms with Crippen molar-refractivity contribution >= 4 is 11.8 Å². The Morgan fingerprint density at radius 3 is 1.76 bits per heavy atom. The lowest BCUT2D eigenvalue weighted by molar-refractivity contribution is 0.258. The second-order valence-corrected chi connectivity index (χ2v) is 12.2. The molecule has 0 spiro atoms. The maximum absolute atomic E-state index is 6.16. The summed E-state index contributed by atoms with van der Waals surface area (Å²) >= 11 is 1.82. The van der Waals surface area contributed by atoms with Gasteiger partial charge in [-0.25, -0.2) is 0 Å². The fraction of sp³-hybridized carbons (Fsp3) is 0.500. The summed E-state index contributed by atoms with van der Waals surface area (Å²) in [7, 11) is 0. The Kier molecular flexibility index (Phi) is 6.49. The third-order valence-electron chi connectivity index (χ3n) is 5.87. The highest BCUT2D eigenvalue weighted by molar-refractivity contribution is 7.99. The molecular formula is C28H36O4S. The standard InChI is InChI=1S/C28H36O4S/c1-17-9-23(31-15-19-13-29-19)21(27(3,4)5)11-25(17)33-26-12-22(28(6,7)8)24(10-18(26)2)32-16-20-14-30-20/h9-13,20H,14-16H2,1-8H3. The first-order valence-corrected chi connectivity index (χ1v) is 12.4. The molecule has 0 bridgehead atoms. The summed E-state index contributed by atoms with van der Waals surface area (Å²) < 4.78 is 22.7. The molecule has 2 heterocycles. The molecule has 1 fully saturated rings. The van der Waals surface area contributed by atoms with Crippen LogP contribution >= 0.6 is 11.8 Å². The van der Waals surface area contributed by atoms with E-state index in [1.54, 1.807) is 6.26 Å². The van der Waals surface area contributed by atoms with Crippen molar-refractivity contribution in [1.82, 2.24) is 0 Å². The summed E-state index contributed by atoms with van der Waals surface area (Å²) in [5, 5.41) is 0. The Morgan fingerprint density at radius 2 is 1.33 bits per heavy atom. The van der Waals surface area contributed by atoms with Crippen LogP contribution in [0.1, 0.15) is 63.8 Å². The van der Waals surface area contributed by atoms with Gasteiger partial charge in [0.05, 0.1) is 6.61 Å². The van der Waals surface area contributed by atoms with Crippen LogP contribution in [-0.4, -0.2) is 25.9 Å². The molecule has 4 rings (SSSR count). The van der Waals surface area contributed by atoms with Gasteiger partial charge in [0, 0.05) is 20.9 Å². The number of epoxide rings is 1. The van der Waals surface area contributed by atoms with Crippen molar-refractivity contribution in [3.05, 3.63) is 58.5 Å². The van der Waals surface area contributed by atoms with Crippen LogP contribution in [-0.2, 0) is 20.3 Å². The van der Waals surface area contributed by atoms with Gasteiger partial charge in [-0.15, -0.1) is 0 Å². The molecule has 0 aromatic heterocycles. The lowest BCUT2D eigenvalue weighted by Gasteiger charge is -2.26. The first-order chi connectivity index (χ1) is 15.4. The Labute approximate surface area is 202 Å². The van der Waals surface area contributed by atoms with Crippen LogP contribution in [0, 0.1) is 13.8 Å². The minimum atomic E-state index is -0.0364. The van der Waals surface area contributed by atoms with Crippen molar-refractivity contribution in [3.63, 3.8) is 0 Å². The molecule has 1 atom stereocenters. The zero-order valence-corrected chi connectivity index (χ0v) is 21.9. The van der Waals surface area contributed by atoms with Crippen molar-refractivity contribution in [3.8, 4) is 11.5 Å². The highest BCUT2D eigenvalue weighted by Gasteiger charge is 2.27. The van der Waals surface area contributed by atoms with E-state index in [1.165, 1.54) is 32.0 Å². The van der Waals surface area contributed by atoms with Crippen LogP contribution in [0.5, 0.6) is 11.5 Å². The van der Waals surface area contributed by atoms with Crippen molar-refractivity contribution in [2.24, 2.45) is 0 Å². The van der Waals surface area contributed by atoms with Crippen LogP contribution in [0.3, 0.4) is 0 Å². The SMILES string of the molecule is Cc1cc(OCC2=CO2)c(C(C)(C)C)cc1Sc1cc(C(C)(C)C)c(OCC2CO2)cc1C. The average Bonchev–Trinajstić information content (AvgIpc) is 3.60. The molecule has 2 aliphatic rings. The van der Waals surface area contributed by atoms with Crippen LogP contribution in [0.15, 0.2) is 46.1 Å². The molecule has 1 unspecified atom stereocenters. The van der Waals surface area contributed by atoms with Crippen LogP contribution < -0.4 is 9.47 Å². The molecule has 1 saturated heterocycles. The lowest BCUT2D eigenvalue weighted by atomic mass is 9.85. The van der Waals surface area contributed by atoms with Crippen molar-refractivity contribution in [2.75, 3.05) is 19.8 Å². The van der Waals surface area contributed by atoms with Gasteiger partial charge in [0.2, 0.25) is 0 Å². The smallest absolute Gasteiger partial charge is 0.176 e. The third-order valence-corrected chi connectivity index (χ3v) is 7.19. The zero-order chi connectivity index (χ0) is 24.0. The summed E-state index contributed by atoms with van der Waals surface area (Å²) in [5.41, 5.74) is 4.79. The van der Waals surface area contributed by atoms with E-state index in [0.717, 1.165) is 23.9 Å². The van der Waals surface area contributed by atoms with Crippen molar-refractivity contribution in [1.29, 1.82) is 0 Å². The van der Waals surface area contributed by atoms with Gasteiger partial charge in [-0.1, -0.05) is 53.3 Å². The van der Waals surface area contributed by atoms with Gasteiger partial charge in [0.15, 0.2) is 5.76 Å². The largest absolute Gasteiger partial charge is 0.490 e. The first kappa shape index (κ1) is 24.0. The topological polar surface area (TPSA) is 43.5 Å². The van der Waals surface area contributed by atoms with Gasteiger partial charge in [0.25, 0.3) is 0 Å². The maximum atomic E-state index is 6.16. The van der Waals surface area contributed by atoms with Gasteiger partial charge in [-0.2, -0.15) is 0 Å². The number of hydrogen-bond donors (Lipinski definition) is 0. The Bertz CT molecular complexity index is 1070. The highest BCUT2D eigenvalue weighted by atomic mass is 32.2. The summed E-state index contributed by atoms with van der Waals surface area (Å²) in [6.07, 6.45) is 1.98. The molecule has 2 aromatic rings. The van der Waals surface area contributed by atoms with Gasteiger partial charge in [-0.3, -0.25) is 0 Å². The fourth-order valence-electron chi connectivity index (χ4n) is 3.68. The van der Waals surface area contributed by atoms with Gasteiger partial charge < -0.3 is 18.9 Å². The van der Waals surface area contributed by atoms with Crippen LogP contribution in [0.2, 0.25) is 0 Å². The van der Waals surface area contributed by atoms with Gasteiger partial charge in [-0.05, 0) is 60.1 Å². The molecule has 0 amide bonds. The molecule has 2 aliphatic heterocycles. The van der Waals surface area contributed by atoms with E-state index in [0.29, 0.717) is 13.2 Å². The quantitative estimate of drug-likeness (QED) is 0.387. The van der Waals surface area contributed by atoms with E-state index in [2.05, 4.69) is 79.7 Å². The third kappa shape index (κ3) is 6.07. The molecule has 0 saturated carbocycles. The molecule has 5 heteroatoms. The molecule has 178 valence electrons. The Morgan fingerprint density at radius 1 is 0.848 bits per heavy atom. The van der Waals surface area contributed by atoms with E-state index in [-0.39, 0.29) is 16.9 Å². The Balaban J connectivity index is 1.66. The van der Waals surface area contributed by atoms with Gasteiger partial charge >= 0.3 is 0 Å². The van der Waals surface area contributed by atoms with Gasteiger partial charge in [0.1, 0.15) is 37.1 Å². The summed E-state index contributed by atoms with van der Waals surface area (Å²) in [5.74, 6) is 2.79. The maximum Gasteiger partial charge on any atom is 0.176 e. The van der Waals surface area contributed by atoms with E-state index in [1.807, 2.05) is 11.8 Å². The summed E-state index contributed by atoms with van der Waals surface area (Å²) in [6, 6.07) is 8.95. The van der Waals surface area contributed by atoms with Crippen LogP contribution in [0.25, 0.3) is 0 Å². The van der Waals surface area contributed by atoms with E-state index < -0.39 is 0 Å². The second-order valence-electron chi connectivity index (χ2n) is 11.1. The predicted octanol–water partition coefficient (Wildman–Crippen LogP) is 7.08. The first-order valence-electron chi connectivity index (χ1n) is 11.6. The molecule has 0 aliphatic carbocycles. The number of rotatable bonds is 8. The molecule has 4 nitrogen and oxygen atoms in total. The number of aryl methyl sites for hydroxylation is 2. The normalized spacial score (nSPS) is 17.3. The minimum absolute atomic E-state index is 0.0222. The predicted molar refractivity (Wildman–Crippen MR) is 134 cm³/mol. The molecule has 0 radical (unpaired) electrons. The number of ether oxygens (including phenoxy) is 4. The molecule has 2 aromatic carbocycles. The van der Waals surface area contributed by atoms with E-state index in [4.69, 9.17) is 18.9 Å². The highest BCUT2D eigenvalue weighted by Crippen LogP contribution is 2.43. The fourth-order valence-corrected chi connectivity index (χ4v) is 4.71. The zero-order valence-electron chi connectivity index (χ0n) is 21.1. The number of benzene rings is 2. The lowest BCUT2D eigenvalue weighted by Crippen LogP contribution is -2.16. The summed E-state index contributed by atoms with van der Waals surface area (Å²) in [4.78, 5) is 2.50. The monoisotopic (exact) mass is 468 g/mol. The summed E-state index contributed by atoms with van der Waals surface area (Å²) in [6.45, 7) is 19.6. The number of hydrogen-bond acceptors (Lipinski definition) is 5.